The predicted octanol–water partition coefficient (Wildman–Crippen LogP) is 2.62. The highest BCUT2D eigenvalue weighted by Crippen LogP contribution is 2.28. The van der Waals surface area contributed by atoms with Crippen molar-refractivity contribution < 1.29 is 4.79 Å². The Hall–Kier alpha value is -1.27. The molecule has 2 aromatic rings. The highest BCUT2D eigenvalue weighted by Gasteiger charge is 2.26. The highest BCUT2D eigenvalue weighted by molar-refractivity contribution is 9.10. The monoisotopic (exact) mass is 337 g/mol. The van der Waals surface area contributed by atoms with Crippen molar-refractivity contribution >= 4 is 33.6 Å². The highest BCUT2D eigenvalue weighted by atomic mass is 79.9. The summed E-state index contributed by atoms with van der Waals surface area (Å²) >= 11 is 4.94. The van der Waals surface area contributed by atoms with Crippen LogP contribution in [-0.4, -0.2) is 27.3 Å². The van der Waals surface area contributed by atoms with Crippen LogP contribution in [0.3, 0.4) is 0 Å². The van der Waals surface area contributed by atoms with Gasteiger partial charge in [0.1, 0.15) is 0 Å². The van der Waals surface area contributed by atoms with E-state index in [0.29, 0.717) is 0 Å². The number of carbonyl (C=O) groups is 1. The normalized spacial score (nSPS) is 18.6. The Balaban J connectivity index is 1.86. The summed E-state index contributed by atoms with van der Waals surface area (Å²) in [5, 5.41) is 3.67. The van der Waals surface area contributed by atoms with Gasteiger partial charge in [0, 0.05) is 29.1 Å². The van der Waals surface area contributed by atoms with Crippen molar-refractivity contribution in [2.45, 2.75) is 16.8 Å². The summed E-state index contributed by atoms with van der Waals surface area (Å²) in [5.74, 6) is 0.107. The molecule has 3 rings (SSSR count). The van der Waals surface area contributed by atoms with Crippen LogP contribution in [0.15, 0.2) is 46.3 Å². The Morgan fingerprint density at radius 3 is 2.84 bits per heavy atom. The first-order chi connectivity index (χ1) is 9.24. The van der Waals surface area contributed by atoms with Crippen molar-refractivity contribution in [2.75, 3.05) is 6.54 Å². The van der Waals surface area contributed by atoms with Crippen LogP contribution in [0.25, 0.3) is 5.69 Å². The Bertz CT molecular complexity index is 596. The second kappa shape index (κ2) is 5.38. The van der Waals surface area contributed by atoms with Crippen LogP contribution in [0.2, 0.25) is 0 Å². The molecule has 1 saturated heterocycles. The molecule has 2 heterocycles. The van der Waals surface area contributed by atoms with Crippen molar-refractivity contribution in [2.24, 2.45) is 0 Å². The number of benzene rings is 1. The molecule has 6 heteroatoms. The maximum absolute atomic E-state index is 11.6. The summed E-state index contributed by atoms with van der Waals surface area (Å²) in [6.45, 7) is 0.759. The van der Waals surface area contributed by atoms with Crippen LogP contribution in [0.4, 0.5) is 0 Å². The van der Waals surface area contributed by atoms with E-state index in [4.69, 9.17) is 0 Å². The quantitative estimate of drug-likeness (QED) is 0.936. The van der Waals surface area contributed by atoms with Gasteiger partial charge in [-0.2, -0.15) is 0 Å². The van der Waals surface area contributed by atoms with E-state index in [2.05, 4.69) is 26.2 Å². The second-order valence-electron chi connectivity index (χ2n) is 4.24. The van der Waals surface area contributed by atoms with Gasteiger partial charge < -0.3 is 5.32 Å². The van der Waals surface area contributed by atoms with Gasteiger partial charge in [-0.15, -0.1) is 0 Å². The molecule has 0 bridgehead atoms. The fourth-order valence-electron chi connectivity index (χ4n) is 1.99. The van der Waals surface area contributed by atoms with Gasteiger partial charge in [0.15, 0.2) is 5.16 Å². The fraction of sp³-hybridized carbons (Fsp3) is 0.231. The molecule has 1 aromatic heterocycles. The van der Waals surface area contributed by atoms with Gasteiger partial charge in [-0.05, 0) is 30.7 Å². The lowest BCUT2D eigenvalue weighted by atomic mass is 10.3. The molecule has 1 aliphatic rings. The summed E-state index contributed by atoms with van der Waals surface area (Å²) < 4.78 is 3.05. The lowest BCUT2D eigenvalue weighted by Gasteiger charge is -2.10. The molecule has 19 heavy (non-hydrogen) atoms. The van der Waals surface area contributed by atoms with E-state index in [-0.39, 0.29) is 11.2 Å². The van der Waals surface area contributed by atoms with Crippen molar-refractivity contribution in [3.8, 4) is 5.69 Å². The van der Waals surface area contributed by atoms with Crippen LogP contribution >= 0.6 is 27.7 Å². The van der Waals surface area contributed by atoms with Crippen molar-refractivity contribution in [1.82, 2.24) is 14.9 Å². The molecule has 1 aliphatic heterocycles. The smallest absolute Gasteiger partial charge is 0.233 e. The van der Waals surface area contributed by atoms with Crippen molar-refractivity contribution in [1.29, 1.82) is 0 Å². The third-order valence-corrected chi connectivity index (χ3v) is 4.73. The molecule has 1 fully saturated rings. The Kier molecular flexibility index (Phi) is 3.61. The summed E-state index contributed by atoms with van der Waals surface area (Å²) in [4.78, 5) is 16.0. The molecule has 0 spiro atoms. The molecule has 98 valence electrons. The van der Waals surface area contributed by atoms with Gasteiger partial charge in [-0.3, -0.25) is 9.36 Å². The number of hydrogen-bond donors (Lipinski definition) is 1. The predicted molar refractivity (Wildman–Crippen MR) is 78.5 cm³/mol. The minimum Gasteiger partial charge on any atom is -0.355 e. The first kappa shape index (κ1) is 12.7. The molecule has 0 aliphatic carbocycles. The minimum atomic E-state index is -0.0309. The number of imidazole rings is 1. The molecular formula is C13H12BrN3OS. The van der Waals surface area contributed by atoms with E-state index < -0.39 is 0 Å². The Morgan fingerprint density at radius 1 is 1.37 bits per heavy atom. The van der Waals surface area contributed by atoms with E-state index >= 15 is 0 Å². The molecule has 1 aromatic carbocycles. The Morgan fingerprint density at radius 2 is 2.16 bits per heavy atom. The minimum absolute atomic E-state index is 0.0309. The van der Waals surface area contributed by atoms with E-state index in [1.165, 1.54) is 11.8 Å². The van der Waals surface area contributed by atoms with E-state index in [1.54, 1.807) is 6.20 Å². The van der Waals surface area contributed by atoms with Gasteiger partial charge >= 0.3 is 0 Å². The van der Waals surface area contributed by atoms with E-state index in [1.807, 2.05) is 35.0 Å². The summed E-state index contributed by atoms with van der Waals surface area (Å²) in [7, 11) is 0. The van der Waals surface area contributed by atoms with Crippen molar-refractivity contribution in [3.05, 3.63) is 41.1 Å². The third-order valence-electron chi connectivity index (χ3n) is 2.96. The number of halogens is 1. The van der Waals surface area contributed by atoms with Crippen LogP contribution in [0, 0.1) is 0 Å². The zero-order valence-corrected chi connectivity index (χ0v) is 12.4. The van der Waals surface area contributed by atoms with Gasteiger partial charge in [-0.1, -0.05) is 27.7 Å². The molecular weight excluding hydrogens is 326 g/mol. The maximum atomic E-state index is 11.6. The third kappa shape index (κ3) is 2.69. The molecule has 1 atom stereocenters. The van der Waals surface area contributed by atoms with Crippen LogP contribution in [-0.2, 0) is 4.79 Å². The van der Waals surface area contributed by atoms with Gasteiger partial charge in [0.2, 0.25) is 5.91 Å². The number of thioether (sulfide) groups is 1. The average molecular weight is 338 g/mol. The fourth-order valence-corrected chi connectivity index (χ4v) is 3.33. The number of nitrogens with one attached hydrogen (secondary N) is 1. The lowest BCUT2D eigenvalue weighted by molar-refractivity contribution is -0.118. The average Bonchev–Trinajstić information content (AvgIpc) is 3.01. The SMILES string of the molecule is O=C1NCCC1Sc1nccn1-c1ccc(Br)cc1. The molecule has 1 amide bonds. The van der Waals surface area contributed by atoms with Crippen LogP contribution < -0.4 is 5.32 Å². The van der Waals surface area contributed by atoms with E-state index in [0.717, 1.165) is 28.3 Å². The first-order valence-corrected chi connectivity index (χ1v) is 7.65. The molecule has 0 saturated carbocycles. The van der Waals surface area contributed by atoms with Gasteiger partial charge in [0.05, 0.1) is 5.25 Å². The lowest BCUT2D eigenvalue weighted by Crippen LogP contribution is -2.20. The topological polar surface area (TPSA) is 46.9 Å². The van der Waals surface area contributed by atoms with Crippen LogP contribution in [0.5, 0.6) is 0 Å². The zero-order valence-electron chi connectivity index (χ0n) is 10.0. The largest absolute Gasteiger partial charge is 0.355 e. The zero-order chi connectivity index (χ0) is 13.2. The molecule has 1 N–H and O–H groups in total. The van der Waals surface area contributed by atoms with Gasteiger partial charge in [-0.25, -0.2) is 4.98 Å². The number of hydrogen-bond acceptors (Lipinski definition) is 3. The Labute approximate surface area is 123 Å². The van der Waals surface area contributed by atoms with Crippen LogP contribution in [0.1, 0.15) is 6.42 Å². The van der Waals surface area contributed by atoms with Gasteiger partial charge in [0.25, 0.3) is 0 Å². The standard InChI is InChI=1S/C13H12BrN3OS/c14-9-1-3-10(4-2-9)17-8-7-16-13(17)19-11-5-6-15-12(11)18/h1-4,7-8,11H,5-6H2,(H,15,18). The number of rotatable bonds is 3. The summed E-state index contributed by atoms with van der Waals surface area (Å²) in [6, 6.07) is 8.02. The molecule has 0 radical (unpaired) electrons. The number of carbonyl (C=O) groups excluding carboxylic acids is 1. The number of amides is 1. The van der Waals surface area contributed by atoms with E-state index in [9.17, 15) is 4.79 Å². The summed E-state index contributed by atoms with van der Waals surface area (Å²) in [5.41, 5.74) is 1.04. The molecule has 4 nitrogen and oxygen atoms in total. The second-order valence-corrected chi connectivity index (χ2v) is 6.33. The molecule has 1 unspecified atom stereocenters. The summed E-state index contributed by atoms with van der Waals surface area (Å²) in [6.07, 6.45) is 4.53. The first-order valence-electron chi connectivity index (χ1n) is 5.98. The van der Waals surface area contributed by atoms with Crippen molar-refractivity contribution in [3.63, 3.8) is 0 Å². The maximum Gasteiger partial charge on any atom is 0.233 e. The number of aromatic nitrogens is 2. The number of nitrogens with zero attached hydrogens (tertiary/aromatic N) is 2.